The zero-order valence-electron chi connectivity index (χ0n) is 20.0. The number of rotatable bonds is 6. The van der Waals surface area contributed by atoms with Crippen LogP contribution in [0.25, 0.3) is 10.9 Å². The van der Waals surface area contributed by atoms with Crippen molar-refractivity contribution in [3.63, 3.8) is 0 Å². The standard InChI is InChI=1S/C26H33N5O2/c1-5-29(6-2)26(33)21-16-27-25(28-19(21)4)23-13-9-10-14-30(23)24(32)17-31-18(3)15-20-11-7-8-12-22(20)31/h7-8,11-12,15-16,23H,5-6,9-10,13-14,17H2,1-4H3. The highest BCUT2D eigenvalue weighted by Gasteiger charge is 2.31. The number of piperidine rings is 1. The molecule has 1 aromatic carbocycles. The van der Waals surface area contributed by atoms with Gasteiger partial charge in [0.1, 0.15) is 6.54 Å². The van der Waals surface area contributed by atoms with E-state index in [2.05, 4.69) is 27.8 Å². The highest BCUT2D eigenvalue weighted by atomic mass is 16.2. The summed E-state index contributed by atoms with van der Waals surface area (Å²) >= 11 is 0. The van der Waals surface area contributed by atoms with E-state index < -0.39 is 0 Å². The maximum absolute atomic E-state index is 13.5. The zero-order chi connectivity index (χ0) is 23.5. The number of aromatic nitrogens is 3. The fourth-order valence-electron chi connectivity index (χ4n) is 4.82. The third-order valence-corrected chi connectivity index (χ3v) is 6.71. The molecule has 2 amide bonds. The van der Waals surface area contributed by atoms with E-state index in [9.17, 15) is 9.59 Å². The average Bonchev–Trinajstić information content (AvgIpc) is 3.14. The predicted molar refractivity (Wildman–Crippen MR) is 129 cm³/mol. The number of carbonyl (C=O) groups excluding carboxylic acids is 2. The molecule has 174 valence electrons. The lowest BCUT2D eigenvalue weighted by molar-refractivity contribution is -0.135. The van der Waals surface area contributed by atoms with Crippen LogP contribution in [-0.2, 0) is 11.3 Å². The van der Waals surface area contributed by atoms with Gasteiger partial charge >= 0.3 is 0 Å². The monoisotopic (exact) mass is 447 g/mol. The highest BCUT2D eigenvalue weighted by Crippen LogP contribution is 2.30. The first-order valence-electron chi connectivity index (χ1n) is 11.9. The minimum atomic E-state index is -0.162. The summed E-state index contributed by atoms with van der Waals surface area (Å²) in [5, 5.41) is 1.14. The van der Waals surface area contributed by atoms with Crippen molar-refractivity contribution in [2.45, 2.75) is 59.5 Å². The lowest BCUT2D eigenvalue weighted by Crippen LogP contribution is -2.41. The fourth-order valence-corrected chi connectivity index (χ4v) is 4.82. The Morgan fingerprint density at radius 2 is 1.88 bits per heavy atom. The van der Waals surface area contributed by atoms with Crippen LogP contribution in [0.2, 0.25) is 0 Å². The Balaban J connectivity index is 1.58. The molecule has 0 radical (unpaired) electrons. The van der Waals surface area contributed by atoms with Crippen LogP contribution in [0, 0.1) is 13.8 Å². The lowest BCUT2D eigenvalue weighted by Gasteiger charge is -2.35. The Hall–Kier alpha value is -3.22. The van der Waals surface area contributed by atoms with Crippen LogP contribution in [0.4, 0.5) is 0 Å². The van der Waals surface area contributed by atoms with E-state index >= 15 is 0 Å². The van der Waals surface area contributed by atoms with Gasteiger partial charge in [-0.1, -0.05) is 18.2 Å². The molecule has 1 aliphatic rings. The smallest absolute Gasteiger partial charge is 0.257 e. The Kier molecular flexibility index (Phi) is 6.77. The van der Waals surface area contributed by atoms with Gasteiger partial charge in [0.15, 0.2) is 5.82 Å². The number of benzene rings is 1. The molecule has 33 heavy (non-hydrogen) atoms. The summed E-state index contributed by atoms with van der Waals surface area (Å²) in [5.41, 5.74) is 3.35. The van der Waals surface area contributed by atoms with Crippen LogP contribution in [0.3, 0.4) is 0 Å². The molecule has 0 spiro atoms. The van der Waals surface area contributed by atoms with Crippen LogP contribution in [0.5, 0.6) is 0 Å². The van der Waals surface area contributed by atoms with Crippen molar-refractivity contribution in [3.05, 3.63) is 59.3 Å². The molecule has 7 heteroatoms. The van der Waals surface area contributed by atoms with E-state index in [1.165, 1.54) is 0 Å². The number of fused-ring (bicyclic) bond motifs is 1. The predicted octanol–water partition coefficient (Wildman–Crippen LogP) is 4.28. The van der Waals surface area contributed by atoms with Gasteiger partial charge < -0.3 is 14.4 Å². The summed E-state index contributed by atoms with van der Waals surface area (Å²) in [4.78, 5) is 39.2. The number of nitrogens with zero attached hydrogens (tertiary/aromatic N) is 5. The number of para-hydroxylation sites is 1. The maximum Gasteiger partial charge on any atom is 0.257 e. The molecule has 1 aliphatic heterocycles. The van der Waals surface area contributed by atoms with Crippen molar-refractivity contribution < 1.29 is 9.59 Å². The van der Waals surface area contributed by atoms with Crippen molar-refractivity contribution >= 4 is 22.7 Å². The Morgan fingerprint density at radius 3 is 2.61 bits per heavy atom. The third kappa shape index (κ3) is 4.49. The Bertz CT molecular complexity index is 1160. The molecular weight excluding hydrogens is 414 g/mol. The van der Waals surface area contributed by atoms with Gasteiger partial charge in [0.2, 0.25) is 5.91 Å². The molecule has 3 aromatic rings. The van der Waals surface area contributed by atoms with E-state index in [1.54, 1.807) is 11.1 Å². The van der Waals surface area contributed by atoms with Crippen LogP contribution in [0.15, 0.2) is 36.5 Å². The summed E-state index contributed by atoms with van der Waals surface area (Å²) in [6.45, 7) is 10.1. The zero-order valence-corrected chi connectivity index (χ0v) is 20.0. The minimum absolute atomic E-state index is 0.0458. The van der Waals surface area contributed by atoms with Crippen molar-refractivity contribution in [3.8, 4) is 0 Å². The molecule has 3 heterocycles. The molecule has 0 bridgehead atoms. The number of hydrogen-bond acceptors (Lipinski definition) is 4. The number of hydrogen-bond donors (Lipinski definition) is 0. The topological polar surface area (TPSA) is 71.3 Å². The first-order chi connectivity index (χ1) is 15.9. The number of likely N-dealkylation sites (tertiary alicyclic amines) is 1. The quantitative estimate of drug-likeness (QED) is 0.565. The normalized spacial score (nSPS) is 16.2. The molecule has 1 saturated heterocycles. The second kappa shape index (κ2) is 9.73. The largest absolute Gasteiger partial charge is 0.339 e. The summed E-state index contributed by atoms with van der Waals surface area (Å²) in [7, 11) is 0. The van der Waals surface area contributed by atoms with E-state index in [0.717, 1.165) is 35.9 Å². The van der Waals surface area contributed by atoms with Crippen LogP contribution in [0.1, 0.15) is 66.7 Å². The van der Waals surface area contributed by atoms with E-state index in [1.807, 2.05) is 44.7 Å². The summed E-state index contributed by atoms with van der Waals surface area (Å²) in [6, 6.07) is 10.1. The fraction of sp³-hybridized carbons (Fsp3) is 0.462. The molecule has 1 unspecified atom stereocenters. The van der Waals surface area contributed by atoms with Gasteiger partial charge in [-0.2, -0.15) is 0 Å². The third-order valence-electron chi connectivity index (χ3n) is 6.71. The summed E-state index contributed by atoms with van der Waals surface area (Å²) in [6.07, 6.45) is 4.48. The van der Waals surface area contributed by atoms with Crippen LogP contribution < -0.4 is 0 Å². The first kappa shape index (κ1) is 23.0. The highest BCUT2D eigenvalue weighted by molar-refractivity contribution is 5.94. The Labute approximate surface area is 195 Å². The second-order valence-corrected chi connectivity index (χ2v) is 8.73. The van der Waals surface area contributed by atoms with Crippen molar-refractivity contribution in [1.29, 1.82) is 0 Å². The van der Waals surface area contributed by atoms with Crippen molar-refractivity contribution in [2.24, 2.45) is 0 Å². The van der Waals surface area contributed by atoms with E-state index in [-0.39, 0.29) is 17.9 Å². The lowest BCUT2D eigenvalue weighted by atomic mass is 10.0. The molecule has 0 aliphatic carbocycles. The van der Waals surface area contributed by atoms with Gasteiger partial charge in [-0.15, -0.1) is 0 Å². The van der Waals surface area contributed by atoms with Gasteiger partial charge in [-0.05, 0) is 64.5 Å². The van der Waals surface area contributed by atoms with Gasteiger partial charge in [-0.3, -0.25) is 9.59 Å². The maximum atomic E-state index is 13.5. The van der Waals surface area contributed by atoms with Gasteiger partial charge in [0.05, 0.1) is 17.3 Å². The van der Waals surface area contributed by atoms with E-state index in [0.29, 0.717) is 43.3 Å². The minimum Gasteiger partial charge on any atom is -0.339 e. The summed E-state index contributed by atoms with van der Waals surface area (Å²) in [5.74, 6) is 0.662. The van der Waals surface area contributed by atoms with Gasteiger partial charge in [-0.25, -0.2) is 9.97 Å². The molecule has 2 aromatic heterocycles. The molecule has 0 saturated carbocycles. The summed E-state index contributed by atoms with van der Waals surface area (Å²) < 4.78 is 2.08. The number of aryl methyl sites for hydroxylation is 2. The van der Waals surface area contributed by atoms with Gasteiger partial charge in [0, 0.05) is 37.0 Å². The first-order valence-corrected chi connectivity index (χ1v) is 11.9. The number of carbonyl (C=O) groups is 2. The van der Waals surface area contributed by atoms with Crippen LogP contribution >= 0.6 is 0 Å². The molecule has 7 nitrogen and oxygen atoms in total. The SMILES string of the molecule is CCN(CC)C(=O)c1cnc(C2CCCCN2C(=O)Cn2c(C)cc3ccccc32)nc1C. The Morgan fingerprint density at radius 1 is 1.12 bits per heavy atom. The molecule has 1 fully saturated rings. The second-order valence-electron chi connectivity index (χ2n) is 8.73. The molecule has 4 rings (SSSR count). The van der Waals surface area contributed by atoms with Crippen LogP contribution in [-0.4, -0.2) is 55.8 Å². The van der Waals surface area contributed by atoms with E-state index in [4.69, 9.17) is 4.98 Å². The number of amides is 2. The molecule has 1 atom stereocenters. The van der Waals surface area contributed by atoms with Crippen molar-refractivity contribution in [2.75, 3.05) is 19.6 Å². The van der Waals surface area contributed by atoms with Gasteiger partial charge in [0.25, 0.3) is 5.91 Å². The van der Waals surface area contributed by atoms with Crippen molar-refractivity contribution in [1.82, 2.24) is 24.3 Å². The molecular formula is C26H33N5O2. The average molecular weight is 448 g/mol. The molecule has 0 N–H and O–H groups in total.